The van der Waals surface area contributed by atoms with E-state index in [0.717, 1.165) is 83.4 Å². The molecule has 2 aromatic carbocycles. The summed E-state index contributed by atoms with van der Waals surface area (Å²) >= 11 is 0. The van der Waals surface area contributed by atoms with Crippen LogP contribution in [0.15, 0.2) is 48.2 Å². The molecule has 2 amide bonds. The van der Waals surface area contributed by atoms with Gasteiger partial charge >= 0.3 is 6.03 Å². The van der Waals surface area contributed by atoms with E-state index in [1.165, 1.54) is 0 Å². The van der Waals surface area contributed by atoms with E-state index >= 15 is 0 Å². The predicted molar refractivity (Wildman–Crippen MR) is 151 cm³/mol. The van der Waals surface area contributed by atoms with Gasteiger partial charge in [-0.15, -0.1) is 0 Å². The van der Waals surface area contributed by atoms with Crippen molar-refractivity contribution in [1.82, 2.24) is 14.7 Å². The number of methoxy groups -OCH3 is 4. The van der Waals surface area contributed by atoms with Crippen molar-refractivity contribution in [1.29, 1.82) is 0 Å². The Morgan fingerprint density at radius 1 is 0.897 bits per heavy atom. The number of allylic oxidation sites excluding steroid dienone is 3. The number of hydrogen-bond donors (Lipinski definition) is 0. The highest BCUT2D eigenvalue weighted by atomic mass is 16.5. The van der Waals surface area contributed by atoms with Gasteiger partial charge in [-0.25, -0.2) is 4.79 Å². The molecule has 0 aromatic heterocycles. The number of rotatable bonds is 7. The van der Waals surface area contributed by atoms with Gasteiger partial charge in [0.25, 0.3) is 0 Å². The van der Waals surface area contributed by atoms with E-state index < -0.39 is 0 Å². The van der Waals surface area contributed by atoms with Crippen LogP contribution in [0.2, 0.25) is 0 Å². The Kier molecular flexibility index (Phi) is 7.49. The van der Waals surface area contributed by atoms with E-state index in [0.29, 0.717) is 13.1 Å². The SMILES string of the molecule is C/C=C1/C=C2N(Cc3cc(OC)cc(OC)c31)C(=O)N(CC)C21CCN(Cc2cc(OC)cc(OC)c2)CC1. The monoisotopic (exact) mass is 533 g/mol. The second-order valence-corrected chi connectivity index (χ2v) is 10.3. The van der Waals surface area contributed by atoms with Crippen LogP contribution in [0.3, 0.4) is 0 Å². The van der Waals surface area contributed by atoms with Crippen molar-refractivity contribution in [2.24, 2.45) is 0 Å². The molecule has 0 N–H and O–H groups in total. The molecule has 1 spiro atoms. The Hall–Kier alpha value is -3.65. The molecule has 8 heteroatoms. The Morgan fingerprint density at radius 3 is 2.10 bits per heavy atom. The molecule has 2 aromatic rings. The molecule has 3 heterocycles. The maximum atomic E-state index is 13.9. The van der Waals surface area contributed by atoms with Gasteiger partial charge in [-0.1, -0.05) is 6.08 Å². The van der Waals surface area contributed by atoms with Crippen LogP contribution < -0.4 is 18.9 Å². The Balaban J connectivity index is 1.47. The van der Waals surface area contributed by atoms with E-state index in [1.807, 2.05) is 30.0 Å². The van der Waals surface area contributed by atoms with Crippen LogP contribution in [0.5, 0.6) is 23.0 Å². The van der Waals surface area contributed by atoms with Crippen molar-refractivity contribution in [3.05, 3.63) is 64.9 Å². The summed E-state index contributed by atoms with van der Waals surface area (Å²) in [6.45, 7) is 7.83. The predicted octanol–water partition coefficient (Wildman–Crippen LogP) is 5.31. The quantitative estimate of drug-likeness (QED) is 0.481. The molecule has 0 saturated carbocycles. The molecular weight excluding hydrogens is 494 g/mol. The summed E-state index contributed by atoms with van der Waals surface area (Å²) in [7, 11) is 6.69. The van der Waals surface area contributed by atoms with Crippen molar-refractivity contribution in [3.8, 4) is 23.0 Å². The Labute approximate surface area is 231 Å². The van der Waals surface area contributed by atoms with Crippen molar-refractivity contribution in [2.75, 3.05) is 48.1 Å². The first-order chi connectivity index (χ1) is 18.9. The summed E-state index contributed by atoms with van der Waals surface area (Å²) in [5.41, 5.74) is 5.01. The third kappa shape index (κ3) is 4.61. The molecule has 2 saturated heterocycles. The fourth-order valence-electron chi connectivity index (χ4n) is 6.44. The second-order valence-electron chi connectivity index (χ2n) is 10.3. The van der Waals surface area contributed by atoms with Gasteiger partial charge in [-0.05, 0) is 67.7 Å². The van der Waals surface area contributed by atoms with Crippen LogP contribution in [-0.4, -0.2) is 74.3 Å². The number of fused-ring (bicyclic) bond motifs is 3. The zero-order valence-corrected chi connectivity index (χ0v) is 23.9. The number of carbonyl (C=O) groups is 1. The highest BCUT2D eigenvalue weighted by Gasteiger charge is 2.54. The average Bonchev–Trinajstić information content (AvgIpc) is 3.07. The largest absolute Gasteiger partial charge is 0.497 e. The molecule has 2 fully saturated rings. The van der Waals surface area contributed by atoms with Gasteiger partial charge in [0.1, 0.15) is 23.0 Å². The molecule has 39 heavy (non-hydrogen) atoms. The smallest absolute Gasteiger partial charge is 0.325 e. The first kappa shape index (κ1) is 26.9. The van der Waals surface area contributed by atoms with E-state index in [1.54, 1.807) is 28.4 Å². The lowest BCUT2D eigenvalue weighted by Crippen LogP contribution is -2.53. The number of hydrogen-bond acceptors (Lipinski definition) is 6. The molecule has 3 aliphatic heterocycles. The van der Waals surface area contributed by atoms with Crippen molar-refractivity contribution in [3.63, 3.8) is 0 Å². The maximum absolute atomic E-state index is 13.9. The summed E-state index contributed by atoms with van der Waals surface area (Å²) in [5.74, 6) is 3.07. The van der Waals surface area contributed by atoms with Gasteiger partial charge in [0.05, 0.1) is 40.5 Å². The lowest BCUT2D eigenvalue weighted by Gasteiger charge is -2.44. The van der Waals surface area contributed by atoms with E-state index in [-0.39, 0.29) is 11.6 Å². The molecule has 8 nitrogen and oxygen atoms in total. The average molecular weight is 534 g/mol. The van der Waals surface area contributed by atoms with Gasteiger partial charge < -0.3 is 23.8 Å². The number of likely N-dealkylation sites (tertiary alicyclic amines) is 1. The fraction of sp³-hybridized carbons (Fsp3) is 0.452. The van der Waals surface area contributed by atoms with E-state index in [9.17, 15) is 4.79 Å². The Morgan fingerprint density at radius 2 is 1.54 bits per heavy atom. The summed E-state index contributed by atoms with van der Waals surface area (Å²) < 4.78 is 22.3. The topological polar surface area (TPSA) is 63.7 Å². The van der Waals surface area contributed by atoms with Crippen molar-refractivity contribution in [2.45, 2.75) is 45.3 Å². The summed E-state index contributed by atoms with van der Waals surface area (Å²) in [6, 6.07) is 10.0. The highest BCUT2D eigenvalue weighted by molar-refractivity contribution is 5.88. The normalized spacial score (nSPS) is 19.5. The van der Waals surface area contributed by atoms with E-state index in [2.05, 4.69) is 41.0 Å². The number of nitrogens with zero attached hydrogens (tertiary/aromatic N) is 3. The minimum absolute atomic E-state index is 0.0693. The standard InChI is InChI=1S/C31H39N3O5/c1-7-22-16-28-31(9-11-32(12-10-31)19-21-13-24(36-3)17-25(14-21)37-4)34(8-2)30(35)33(28)20-23-15-26(38-5)18-27(39-6)29(22)23/h7,13-18H,8-12,19-20H2,1-6H3/b22-7-. The van der Waals surface area contributed by atoms with E-state index in [4.69, 9.17) is 18.9 Å². The number of likely N-dealkylation sites (N-methyl/N-ethyl adjacent to an activating group) is 1. The molecule has 3 aliphatic rings. The maximum Gasteiger partial charge on any atom is 0.325 e. The lowest BCUT2D eigenvalue weighted by atomic mass is 9.82. The number of piperidine rings is 1. The second kappa shape index (κ2) is 10.8. The number of amides is 2. The van der Waals surface area contributed by atoms with Gasteiger partial charge in [-0.2, -0.15) is 0 Å². The van der Waals surface area contributed by atoms with Gasteiger partial charge in [0.15, 0.2) is 0 Å². The molecule has 0 radical (unpaired) electrons. The van der Waals surface area contributed by atoms with Gasteiger partial charge in [0.2, 0.25) is 0 Å². The van der Waals surface area contributed by atoms with Gasteiger partial charge in [-0.3, -0.25) is 9.80 Å². The zero-order chi connectivity index (χ0) is 27.7. The summed E-state index contributed by atoms with van der Waals surface area (Å²) in [6.07, 6.45) is 6.06. The van der Waals surface area contributed by atoms with Crippen molar-refractivity contribution < 1.29 is 23.7 Å². The Bertz CT molecular complexity index is 1290. The highest BCUT2D eigenvalue weighted by Crippen LogP contribution is 2.49. The number of benzene rings is 2. The molecule has 0 unspecified atom stereocenters. The summed E-state index contributed by atoms with van der Waals surface area (Å²) in [5, 5.41) is 0. The fourth-order valence-corrected chi connectivity index (χ4v) is 6.44. The van der Waals surface area contributed by atoms with Crippen molar-refractivity contribution >= 4 is 11.6 Å². The number of carbonyl (C=O) groups excluding carboxylic acids is 1. The first-order valence-electron chi connectivity index (χ1n) is 13.6. The first-order valence-corrected chi connectivity index (χ1v) is 13.6. The molecule has 5 rings (SSSR count). The van der Waals surface area contributed by atoms with Crippen LogP contribution in [0.25, 0.3) is 5.57 Å². The third-order valence-corrected chi connectivity index (χ3v) is 8.40. The zero-order valence-electron chi connectivity index (χ0n) is 23.9. The molecule has 0 bridgehead atoms. The minimum Gasteiger partial charge on any atom is -0.497 e. The molecule has 0 aliphatic carbocycles. The van der Waals surface area contributed by atoms with Crippen LogP contribution in [0.1, 0.15) is 43.4 Å². The van der Waals surface area contributed by atoms with Crippen LogP contribution >= 0.6 is 0 Å². The van der Waals surface area contributed by atoms with Crippen LogP contribution in [0.4, 0.5) is 4.79 Å². The number of urea groups is 1. The van der Waals surface area contributed by atoms with Crippen LogP contribution in [-0.2, 0) is 13.1 Å². The number of ether oxygens (including phenoxy) is 4. The van der Waals surface area contributed by atoms with Gasteiger partial charge in [0, 0.05) is 49.6 Å². The minimum atomic E-state index is -0.345. The lowest BCUT2D eigenvalue weighted by molar-refractivity contribution is 0.0890. The molecule has 208 valence electrons. The molecule has 0 atom stereocenters. The van der Waals surface area contributed by atoms with Crippen LogP contribution in [0, 0.1) is 0 Å². The third-order valence-electron chi connectivity index (χ3n) is 8.40. The summed E-state index contributed by atoms with van der Waals surface area (Å²) in [4.78, 5) is 20.4. The molecular formula is C31H39N3O5.